The van der Waals surface area contributed by atoms with Gasteiger partial charge in [-0.3, -0.25) is 4.55 Å². The maximum Gasteiger partial charge on any atom is 0.314 e. The molecule has 112 valence electrons. The van der Waals surface area contributed by atoms with Gasteiger partial charge in [0.15, 0.2) is 0 Å². The highest BCUT2D eigenvalue weighted by molar-refractivity contribution is 7.86. The Bertz CT molecular complexity index is 964. The van der Waals surface area contributed by atoms with Crippen LogP contribution in [0.25, 0.3) is 15.7 Å². The molecule has 0 bridgehead atoms. The second-order valence-electron chi connectivity index (χ2n) is 4.86. The van der Waals surface area contributed by atoms with E-state index in [4.69, 9.17) is 5.53 Å². The third-order valence-corrected chi connectivity index (χ3v) is 5.69. The number of fused-ring (bicyclic) bond motifs is 1. The molecule has 0 unspecified atom stereocenters. The number of nitrogens with zero attached hydrogens (tertiary/aromatic N) is 3. The number of hydrogen-bond acceptors (Lipinski definition) is 4. The highest BCUT2D eigenvalue weighted by atomic mass is 32.2. The first-order valence-electron chi connectivity index (χ1n) is 6.36. The van der Waals surface area contributed by atoms with Crippen molar-refractivity contribution in [3.8, 4) is 0 Å². The normalized spacial score (nSPS) is 17.9. The lowest BCUT2D eigenvalue weighted by molar-refractivity contribution is -0.00164. The summed E-state index contributed by atoms with van der Waals surface area (Å²) in [5.74, 6) is -0.127. The zero-order valence-electron chi connectivity index (χ0n) is 11.5. The smallest absolute Gasteiger partial charge is 0.314 e. The molecule has 1 N–H and O–H groups in total. The van der Waals surface area contributed by atoms with Gasteiger partial charge in [-0.1, -0.05) is 18.2 Å². The van der Waals surface area contributed by atoms with E-state index in [1.807, 2.05) is 12.2 Å². The topological polar surface area (TPSA) is 104 Å². The Labute approximate surface area is 130 Å². The standard InChI is InChI=1S/C14H11N3O3S2/c1-8-2-7-11-12(13(8)22(18,19)20)21-14(16-11)9-3-5-10(17-15)6-4-9/h2-7,9H,1H3,(H,18,19,20). The Hall–Kier alpha value is -2.12. The summed E-state index contributed by atoms with van der Waals surface area (Å²) in [7, 11) is -4.31. The van der Waals surface area contributed by atoms with Crippen LogP contribution < -0.4 is 0 Å². The Morgan fingerprint density at radius 1 is 1.32 bits per heavy atom. The number of aryl methyl sites for hydroxylation is 1. The van der Waals surface area contributed by atoms with Crippen molar-refractivity contribution in [3.05, 3.63) is 52.5 Å². The van der Waals surface area contributed by atoms with Gasteiger partial charge in [-0.2, -0.15) is 13.2 Å². The summed E-state index contributed by atoms with van der Waals surface area (Å²) in [5, 5.41) is 0.704. The molecule has 1 aromatic heterocycles. The van der Waals surface area contributed by atoms with Crippen molar-refractivity contribution in [1.29, 1.82) is 0 Å². The van der Waals surface area contributed by atoms with Gasteiger partial charge in [0.25, 0.3) is 10.1 Å². The van der Waals surface area contributed by atoms with E-state index >= 15 is 0 Å². The van der Waals surface area contributed by atoms with Gasteiger partial charge >= 0.3 is 5.71 Å². The van der Waals surface area contributed by atoms with E-state index in [9.17, 15) is 13.0 Å². The lowest BCUT2D eigenvalue weighted by Gasteiger charge is -2.04. The van der Waals surface area contributed by atoms with E-state index < -0.39 is 10.1 Å². The van der Waals surface area contributed by atoms with Crippen LogP contribution >= 0.6 is 11.3 Å². The van der Waals surface area contributed by atoms with Crippen molar-refractivity contribution < 1.29 is 17.8 Å². The molecule has 1 aliphatic rings. The number of hydrogen-bond donors (Lipinski definition) is 1. The second kappa shape index (κ2) is 5.26. The molecular weight excluding hydrogens is 322 g/mol. The molecule has 1 aliphatic carbocycles. The van der Waals surface area contributed by atoms with Crippen LogP contribution in [0.15, 0.2) is 41.3 Å². The van der Waals surface area contributed by atoms with Crippen LogP contribution in [0, 0.1) is 6.92 Å². The van der Waals surface area contributed by atoms with Gasteiger partial charge in [0.1, 0.15) is 9.90 Å². The quantitative estimate of drug-likeness (QED) is 0.518. The maximum absolute atomic E-state index is 11.6. The summed E-state index contributed by atoms with van der Waals surface area (Å²) in [6.07, 6.45) is 6.94. The van der Waals surface area contributed by atoms with Crippen molar-refractivity contribution in [2.24, 2.45) is 0 Å². The van der Waals surface area contributed by atoms with Crippen molar-refractivity contribution >= 4 is 37.4 Å². The number of thiazole rings is 1. The average Bonchev–Trinajstić information content (AvgIpc) is 2.89. The van der Waals surface area contributed by atoms with Gasteiger partial charge in [-0.25, -0.2) is 4.98 Å². The van der Waals surface area contributed by atoms with Gasteiger partial charge < -0.3 is 5.53 Å². The van der Waals surface area contributed by atoms with Crippen molar-refractivity contribution in [3.63, 3.8) is 0 Å². The largest absolute Gasteiger partial charge is 0.361 e. The zero-order chi connectivity index (χ0) is 15.9. The molecule has 0 spiro atoms. The number of rotatable bonds is 2. The number of allylic oxidation sites excluding steroid dienone is 4. The van der Waals surface area contributed by atoms with Crippen LogP contribution in [0.1, 0.15) is 16.5 Å². The molecule has 0 saturated heterocycles. The van der Waals surface area contributed by atoms with E-state index in [1.165, 1.54) is 11.3 Å². The Morgan fingerprint density at radius 2 is 2.00 bits per heavy atom. The minimum atomic E-state index is -4.31. The molecule has 0 atom stereocenters. The lowest BCUT2D eigenvalue weighted by Crippen LogP contribution is -2.00. The number of benzene rings is 1. The van der Waals surface area contributed by atoms with Crippen LogP contribution in [0.2, 0.25) is 0 Å². The summed E-state index contributed by atoms with van der Waals surface area (Å²) in [6, 6.07) is 3.36. The monoisotopic (exact) mass is 333 g/mol. The van der Waals surface area contributed by atoms with Crippen molar-refractivity contribution in [2.45, 2.75) is 17.7 Å². The maximum atomic E-state index is 11.6. The predicted octanol–water partition coefficient (Wildman–Crippen LogP) is 2.73. The minimum absolute atomic E-state index is 0.0878. The van der Waals surface area contributed by atoms with Crippen LogP contribution in [-0.2, 0) is 10.1 Å². The molecule has 0 aliphatic heterocycles. The molecule has 8 heteroatoms. The molecule has 0 saturated carbocycles. The van der Waals surface area contributed by atoms with E-state index in [0.717, 1.165) is 0 Å². The van der Waals surface area contributed by atoms with Crippen LogP contribution in [0.3, 0.4) is 0 Å². The van der Waals surface area contributed by atoms with Gasteiger partial charge in [-0.15, -0.1) is 11.3 Å². The molecule has 0 amide bonds. The fourth-order valence-corrected chi connectivity index (χ4v) is 4.68. The molecule has 6 nitrogen and oxygen atoms in total. The van der Waals surface area contributed by atoms with Gasteiger partial charge in [-0.05, 0) is 18.6 Å². The van der Waals surface area contributed by atoms with Crippen molar-refractivity contribution in [2.75, 3.05) is 0 Å². The molecule has 3 rings (SSSR count). The molecule has 1 heterocycles. The van der Waals surface area contributed by atoms with Crippen LogP contribution in [0.5, 0.6) is 0 Å². The lowest BCUT2D eigenvalue weighted by atomic mass is 10.0. The van der Waals surface area contributed by atoms with E-state index in [1.54, 1.807) is 31.2 Å². The first-order chi connectivity index (χ1) is 10.4. The van der Waals surface area contributed by atoms with Crippen LogP contribution in [0.4, 0.5) is 0 Å². The Kier molecular flexibility index (Phi) is 3.54. The van der Waals surface area contributed by atoms with Crippen molar-refractivity contribution in [1.82, 2.24) is 4.98 Å². The van der Waals surface area contributed by atoms with E-state index in [2.05, 4.69) is 9.77 Å². The van der Waals surface area contributed by atoms with E-state index in [0.29, 0.717) is 26.5 Å². The SMILES string of the molecule is Cc1ccc2nc(C3C=CC(=[N+]=[N-])C=C3)sc2c1S(=O)(=O)O. The molecule has 2 aromatic rings. The first-order valence-corrected chi connectivity index (χ1v) is 8.62. The summed E-state index contributed by atoms with van der Waals surface area (Å²) in [6.45, 7) is 1.63. The molecule has 22 heavy (non-hydrogen) atoms. The summed E-state index contributed by atoms with van der Waals surface area (Å²) < 4.78 is 33.1. The fourth-order valence-electron chi connectivity index (χ4n) is 2.30. The average molecular weight is 333 g/mol. The number of aromatic nitrogens is 1. The third-order valence-electron chi connectivity index (χ3n) is 3.33. The summed E-state index contributed by atoms with van der Waals surface area (Å²) in [4.78, 5) is 7.44. The van der Waals surface area contributed by atoms with E-state index in [-0.39, 0.29) is 10.8 Å². The predicted molar refractivity (Wildman–Crippen MR) is 83.8 cm³/mol. The van der Waals surface area contributed by atoms with Gasteiger partial charge in [0, 0.05) is 18.1 Å². The van der Waals surface area contributed by atoms with Crippen LogP contribution in [-0.4, -0.2) is 28.5 Å². The fraction of sp³-hybridized carbons (Fsp3) is 0.143. The second-order valence-corrected chi connectivity index (χ2v) is 7.24. The Morgan fingerprint density at radius 3 is 2.59 bits per heavy atom. The Balaban J connectivity index is 2.16. The summed E-state index contributed by atoms with van der Waals surface area (Å²) in [5.41, 5.74) is 10.1. The van der Waals surface area contributed by atoms with Gasteiger partial charge in [0.2, 0.25) is 0 Å². The minimum Gasteiger partial charge on any atom is -0.361 e. The molecule has 0 radical (unpaired) electrons. The highest BCUT2D eigenvalue weighted by Crippen LogP contribution is 2.35. The molecular formula is C14H11N3O3S2. The zero-order valence-corrected chi connectivity index (χ0v) is 13.1. The van der Waals surface area contributed by atoms with Gasteiger partial charge in [0.05, 0.1) is 10.2 Å². The third kappa shape index (κ3) is 2.53. The first kappa shape index (κ1) is 14.8. The molecule has 0 fully saturated rings. The summed E-state index contributed by atoms with van der Waals surface area (Å²) >= 11 is 1.23. The molecule has 1 aromatic carbocycles. The highest BCUT2D eigenvalue weighted by Gasteiger charge is 2.22.